The highest BCUT2D eigenvalue weighted by Gasteiger charge is 2.06. The zero-order valence-corrected chi connectivity index (χ0v) is 9.72. The van der Waals surface area contributed by atoms with Crippen LogP contribution in [-0.2, 0) is 0 Å². The topological polar surface area (TPSA) is 0 Å². The highest BCUT2D eigenvalue weighted by Crippen LogP contribution is 2.40. The van der Waals surface area contributed by atoms with Gasteiger partial charge in [0.2, 0.25) is 0 Å². The van der Waals surface area contributed by atoms with Crippen molar-refractivity contribution in [2.75, 3.05) is 6.26 Å². The lowest BCUT2D eigenvalue weighted by atomic mass is 10.3. The largest absolute Gasteiger partial charge is 0.128 e. The van der Waals surface area contributed by atoms with Crippen LogP contribution >= 0.6 is 39.0 Å². The number of halogens is 1. The molecule has 12 heavy (non-hydrogen) atoms. The van der Waals surface area contributed by atoms with E-state index < -0.39 is 0 Å². The van der Waals surface area contributed by atoms with Crippen molar-refractivity contribution in [2.45, 2.75) is 4.21 Å². The number of benzene rings is 1. The molecular weight excluding hydrogens is 252 g/mol. The van der Waals surface area contributed by atoms with Crippen molar-refractivity contribution >= 4 is 49.1 Å². The highest BCUT2D eigenvalue weighted by atomic mass is 79.9. The SMILES string of the molecule is CSc1sc2ccccc2c1Br. The van der Waals surface area contributed by atoms with Gasteiger partial charge < -0.3 is 0 Å². The molecule has 1 heterocycles. The van der Waals surface area contributed by atoms with Crippen LogP contribution in [-0.4, -0.2) is 6.26 Å². The summed E-state index contributed by atoms with van der Waals surface area (Å²) in [5.74, 6) is 0. The van der Waals surface area contributed by atoms with Crippen LogP contribution in [0.5, 0.6) is 0 Å². The van der Waals surface area contributed by atoms with E-state index in [1.165, 1.54) is 18.8 Å². The number of hydrogen-bond acceptors (Lipinski definition) is 2. The molecule has 0 unspecified atom stereocenters. The molecule has 3 heteroatoms. The van der Waals surface area contributed by atoms with Gasteiger partial charge in [0.05, 0.1) is 4.21 Å². The fourth-order valence-electron chi connectivity index (χ4n) is 1.12. The number of hydrogen-bond donors (Lipinski definition) is 0. The van der Waals surface area contributed by atoms with Crippen LogP contribution in [0.25, 0.3) is 10.1 Å². The van der Waals surface area contributed by atoms with Crippen molar-refractivity contribution in [2.24, 2.45) is 0 Å². The lowest BCUT2D eigenvalue weighted by molar-refractivity contribution is 1.68. The van der Waals surface area contributed by atoms with Crippen LogP contribution in [0.4, 0.5) is 0 Å². The molecule has 0 amide bonds. The standard InChI is InChI=1S/C9H7BrS2/c1-11-9-8(10)6-4-2-3-5-7(6)12-9/h2-5H,1H3. The van der Waals surface area contributed by atoms with Crippen molar-refractivity contribution in [3.63, 3.8) is 0 Å². The number of fused-ring (bicyclic) bond motifs is 1. The van der Waals surface area contributed by atoms with Gasteiger partial charge in [-0.15, -0.1) is 23.1 Å². The first-order chi connectivity index (χ1) is 5.83. The molecule has 1 aromatic carbocycles. The van der Waals surface area contributed by atoms with Crippen LogP contribution in [0.2, 0.25) is 0 Å². The maximum Gasteiger partial charge on any atom is 0.0751 e. The smallest absolute Gasteiger partial charge is 0.0751 e. The third-order valence-corrected chi connectivity index (χ3v) is 5.33. The minimum Gasteiger partial charge on any atom is -0.128 e. The first-order valence-corrected chi connectivity index (χ1v) is 6.37. The molecule has 0 N–H and O–H groups in total. The van der Waals surface area contributed by atoms with Crippen LogP contribution in [0.1, 0.15) is 0 Å². The van der Waals surface area contributed by atoms with Gasteiger partial charge in [0.15, 0.2) is 0 Å². The van der Waals surface area contributed by atoms with Gasteiger partial charge in [-0.3, -0.25) is 0 Å². The van der Waals surface area contributed by atoms with E-state index in [4.69, 9.17) is 0 Å². The minimum absolute atomic E-state index is 1.25. The molecule has 0 radical (unpaired) electrons. The molecule has 2 rings (SSSR count). The fourth-order valence-corrected chi connectivity index (χ4v) is 4.05. The average molecular weight is 259 g/mol. The molecule has 0 aliphatic rings. The average Bonchev–Trinajstić information content (AvgIpc) is 2.44. The van der Waals surface area contributed by atoms with Gasteiger partial charge in [-0.25, -0.2) is 0 Å². The van der Waals surface area contributed by atoms with Gasteiger partial charge in [0.25, 0.3) is 0 Å². The second kappa shape index (κ2) is 3.40. The van der Waals surface area contributed by atoms with E-state index in [1.807, 2.05) is 11.3 Å². The van der Waals surface area contributed by atoms with Crippen molar-refractivity contribution < 1.29 is 0 Å². The van der Waals surface area contributed by atoms with E-state index in [-0.39, 0.29) is 0 Å². The Morgan fingerprint density at radius 3 is 2.75 bits per heavy atom. The predicted molar refractivity (Wildman–Crippen MR) is 61.3 cm³/mol. The molecule has 62 valence electrons. The number of rotatable bonds is 1. The van der Waals surface area contributed by atoms with Crippen LogP contribution in [0.3, 0.4) is 0 Å². The summed E-state index contributed by atoms with van der Waals surface area (Å²) in [5, 5.41) is 1.33. The third-order valence-electron chi connectivity index (χ3n) is 1.69. The van der Waals surface area contributed by atoms with E-state index in [2.05, 4.69) is 46.5 Å². The molecule has 0 spiro atoms. The quantitative estimate of drug-likeness (QED) is 0.684. The van der Waals surface area contributed by atoms with Crippen molar-refractivity contribution in [3.05, 3.63) is 28.7 Å². The van der Waals surface area contributed by atoms with E-state index in [1.54, 1.807) is 11.8 Å². The maximum atomic E-state index is 3.60. The summed E-state index contributed by atoms with van der Waals surface area (Å²) in [5.41, 5.74) is 0. The summed E-state index contributed by atoms with van der Waals surface area (Å²) in [6.07, 6.45) is 2.11. The molecular formula is C9H7BrS2. The molecule has 0 atom stereocenters. The van der Waals surface area contributed by atoms with Crippen molar-refractivity contribution in [3.8, 4) is 0 Å². The predicted octanol–water partition coefficient (Wildman–Crippen LogP) is 4.39. The maximum absolute atomic E-state index is 3.60. The molecule has 0 bridgehead atoms. The summed E-state index contributed by atoms with van der Waals surface area (Å²) in [6.45, 7) is 0. The Bertz CT molecular complexity index is 406. The van der Waals surface area contributed by atoms with Crippen molar-refractivity contribution in [1.29, 1.82) is 0 Å². The molecule has 0 saturated carbocycles. The molecule has 0 aliphatic heterocycles. The summed E-state index contributed by atoms with van der Waals surface area (Å²) < 4.78 is 3.96. The third kappa shape index (κ3) is 1.30. The Kier molecular flexibility index (Phi) is 2.44. The number of thioether (sulfide) groups is 1. The zero-order valence-electron chi connectivity index (χ0n) is 6.50. The summed E-state index contributed by atoms with van der Waals surface area (Å²) in [6, 6.07) is 8.46. The van der Waals surface area contributed by atoms with Crippen LogP contribution < -0.4 is 0 Å². The Morgan fingerprint density at radius 2 is 2.08 bits per heavy atom. The Balaban J connectivity index is 2.78. The van der Waals surface area contributed by atoms with Gasteiger partial charge in [0.1, 0.15) is 0 Å². The van der Waals surface area contributed by atoms with Crippen molar-refractivity contribution in [1.82, 2.24) is 0 Å². The zero-order chi connectivity index (χ0) is 8.55. The molecule has 1 aromatic heterocycles. The number of thiophene rings is 1. The second-order valence-corrected chi connectivity index (χ2v) is 5.32. The Morgan fingerprint density at radius 1 is 1.33 bits per heavy atom. The van der Waals surface area contributed by atoms with Gasteiger partial charge in [0, 0.05) is 14.6 Å². The normalized spacial score (nSPS) is 10.8. The van der Waals surface area contributed by atoms with E-state index in [0.717, 1.165) is 0 Å². The van der Waals surface area contributed by atoms with E-state index >= 15 is 0 Å². The van der Waals surface area contributed by atoms with E-state index in [9.17, 15) is 0 Å². The molecule has 0 saturated heterocycles. The first-order valence-electron chi connectivity index (χ1n) is 3.54. The molecule has 2 aromatic rings. The first kappa shape index (κ1) is 8.60. The van der Waals surface area contributed by atoms with Gasteiger partial charge >= 0.3 is 0 Å². The summed E-state index contributed by atoms with van der Waals surface area (Å²) >= 11 is 7.23. The monoisotopic (exact) mass is 258 g/mol. The Labute approximate surface area is 88.1 Å². The fraction of sp³-hybridized carbons (Fsp3) is 0.111. The summed E-state index contributed by atoms with van der Waals surface area (Å²) in [4.78, 5) is 0. The second-order valence-electron chi connectivity index (χ2n) is 2.40. The lowest BCUT2D eigenvalue weighted by Crippen LogP contribution is -1.62. The van der Waals surface area contributed by atoms with E-state index in [0.29, 0.717) is 0 Å². The van der Waals surface area contributed by atoms with Crippen LogP contribution in [0.15, 0.2) is 32.9 Å². The highest BCUT2D eigenvalue weighted by molar-refractivity contribution is 9.10. The molecule has 0 fully saturated rings. The lowest BCUT2D eigenvalue weighted by Gasteiger charge is -1.88. The molecule has 0 nitrogen and oxygen atoms in total. The Hall–Kier alpha value is 0.01000. The summed E-state index contributed by atoms with van der Waals surface area (Å²) in [7, 11) is 0. The minimum atomic E-state index is 1.25. The van der Waals surface area contributed by atoms with Crippen LogP contribution in [0, 0.1) is 0 Å². The van der Waals surface area contributed by atoms with Gasteiger partial charge in [-0.1, -0.05) is 18.2 Å². The molecule has 0 aliphatic carbocycles. The van der Waals surface area contributed by atoms with Gasteiger partial charge in [-0.05, 0) is 28.3 Å². The van der Waals surface area contributed by atoms with Gasteiger partial charge in [-0.2, -0.15) is 0 Å².